The Kier molecular flexibility index (Phi) is 8.35. The third-order valence-electron chi connectivity index (χ3n) is 5.86. The zero-order valence-corrected chi connectivity index (χ0v) is 17.0. The van der Waals surface area contributed by atoms with Gasteiger partial charge in [-0.3, -0.25) is 14.4 Å². The number of ether oxygens (including phenoxy) is 1. The van der Waals surface area contributed by atoms with Crippen molar-refractivity contribution in [2.75, 3.05) is 39.3 Å². The van der Waals surface area contributed by atoms with Gasteiger partial charge in [0.15, 0.2) is 0 Å². The number of piperazine rings is 1. The van der Waals surface area contributed by atoms with Crippen molar-refractivity contribution in [3.8, 4) is 0 Å². The van der Waals surface area contributed by atoms with Crippen LogP contribution in [0.1, 0.15) is 45.4 Å². The van der Waals surface area contributed by atoms with E-state index in [1.807, 2.05) is 4.90 Å². The highest BCUT2D eigenvalue weighted by molar-refractivity contribution is 5.89. The Morgan fingerprint density at radius 1 is 1.19 bits per heavy atom. The van der Waals surface area contributed by atoms with E-state index in [1.165, 1.54) is 19.3 Å². The second-order valence-electron chi connectivity index (χ2n) is 7.72. The summed E-state index contributed by atoms with van der Waals surface area (Å²) >= 11 is 0. The summed E-state index contributed by atoms with van der Waals surface area (Å²) < 4.78 is 5.09. The zero-order chi connectivity index (χ0) is 18.5. The van der Waals surface area contributed by atoms with Crippen molar-refractivity contribution < 1.29 is 19.1 Å². The van der Waals surface area contributed by atoms with Crippen molar-refractivity contribution in [1.29, 1.82) is 0 Å². The summed E-state index contributed by atoms with van der Waals surface area (Å²) in [4.78, 5) is 41.0. The van der Waals surface area contributed by atoms with Crippen molar-refractivity contribution >= 4 is 30.2 Å². The molecule has 3 rings (SSSR count). The smallest absolute Gasteiger partial charge is 0.310 e. The number of hydrogen-bond acceptors (Lipinski definition) is 5. The molecular weight excluding hydrogens is 370 g/mol. The van der Waals surface area contributed by atoms with Crippen LogP contribution in [0.5, 0.6) is 0 Å². The number of nitrogens with one attached hydrogen (secondary N) is 1. The second-order valence-corrected chi connectivity index (χ2v) is 7.72. The van der Waals surface area contributed by atoms with Gasteiger partial charge in [0.1, 0.15) is 0 Å². The van der Waals surface area contributed by atoms with Crippen LogP contribution in [0.25, 0.3) is 0 Å². The monoisotopic (exact) mass is 401 g/mol. The van der Waals surface area contributed by atoms with Gasteiger partial charge in [-0.15, -0.1) is 12.4 Å². The molecular formula is C19H32ClN3O4. The Hall–Kier alpha value is -1.34. The van der Waals surface area contributed by atoms with E-state index in [1.54, 1.807) is 11.8 Å². The van der Waals surface area contributed by atoms with Crippen LogP contribution in [0.2, 0.25) is 0 Å². The van der Waals surface area contributed by atoms with E-state index in [0.29, 0.717) is 25.6 Å². The van der Waals surface area contributed by atoms with Crippen molar-refractivity contribution in [3.05, 3.63) is 0 Å². The van der Waals surface area contributed by atoms with Gasteiger partial charge in [0.2, 0.25) is 11.8 Å². The Balaban J connectivity index is 0.00000261. The van der Waals surface area contributed by atoms with Crippen LogP contribution >= 0.6 is 12.4 Å². The molecule has 0 radical (unpaired) electrons. The van der Waals surface area contributed by atoms with Crippen LogP contribution in [0.15, 0.2) is 0 Å². The third-order valence-corrected chi connectivity index (χ3v) is 5.86. The molecule has 2 saturated heterocycles. The van der Waals surface area contributed by atoms with Crippen molar-refractivity contribution in [1.82, 2.24) is 15.1 Å². The predicted molar refractivity (Wildman–Crippen MR) is 104 cm³/mol. The number of esters is 1. The first-order valence-corrected chi connectivity index (χ1v) is 10.0. The third kappa shape index (κ3) is 5.57. The lowest BCUT2D eigenvalue weighted by molar-refractivity contribution is -0.152. The lowest BCUT2D eigenvalue weighted by Gasteiger charge is -2.38. The lowest BCUT2D eigenvalue weighted by atomic mass is 9.85. The first-order chi connectivity index (χ1) is 12.6. The molecule has 0 bridgehead atoms. The van der Waals surface area contributed by atoms with Gasteiger partial charge in [0, 0.05) is 32.7 Å². The highest BCUT2D eigenvalue weighted by Crippen LogP contribution is 2.27. The molecule has 154 valence electrons. The summed E-state index contributed by atoms with van der Waals surface area (Å²) in [6, 6.07) is -0.431. The molecule has 8 heteroatoms. The molecule has 1 aliphatic carbocycles. The van der Waals surface area contributed by atoms with Crippen LogP contribution < -0.4 is 5.32 Å². The number of rotatable bonds is 6. The lowest BCUT2D eigenvalue weighted by Crippen LogP contribution is -2.57. The van der Waals surface area contributed by atoms with E-state index in [4.69, 9.17) is 4.74 Å². The molecule has 1 saturated carbocycles. The van der Waals surface area contributed by atoms with E-state index in [2.05, 4.69) is 5.32 Å². The molecule has 1 N–H and O–H groups in total. The minimum Gasteiger partial charge on any atom is -0.466 e. The van der Waals surface area contributed by atoms with E-state index in [-0.39, 0.29) is 42.5 Å². The Bertz CT molecular complexity index is 541. The highest BCUT2D eigenvalue weighted by Gasteiger charge is 2.35. The fourth-order valence-corrected chi connectivity index (χ4v) is 4.08. The van der Waals surface area contributed by atoms with Gasteiger partial charge in [-0.05, 0) is 38.5 Å². The summed E-state index contributed by atoms with van der Waals surface area (Å²) in [5, 5.41) is 3.20. The summed E-state index contributed by atoms with van der Waals surface area (Å²) in [5.74, 6) is 0.188. The van der Waals surface area contributed by atoms with Gasteiger partial charge in [-0.2, -0.15) is 0 Å². The molecule has 2 atom stereocenters. The number of carbonyl (C=O) groups excluding carboxylic acids is 3. The van der Waals surface area contributed by atoms with Crippen molar-refractivity contribution in [3.63, 3.8) is 0 Å². The van der Waals surface area contributed by atoms with Crippen LogP contribution in [-0.2, 0) is 19.1 Å². The highest BCUT2D eigenvalue weighted by atomic mass is 35.5. The number of likely N-dealkylation sites (tertiary alicyclic amines) is 1. The standard InChI is InChI=1S/C19H31N3O4.ClH/c1-2-26-19(25)15-7-4-9-21(13-15)17(23)11-16-18(24)22(10-8-20-16)12-14-5-3-6-14;/h14-16,20H,2-13H2,1H3;1H. The number of amides is 2. The Morgan fingerprint density at radius 2 is 1.96 bits per heavy atom. The fraction of sp³-hybridized carbons (Fsp3) is 0.842. The molecule has 0 spiro atoms. The Labute approximate surface area is 167 Å². The number of piperidine rings is 1. The zero-order valence-electron chi connectivity index (χ0n) is 16.2. The molecule has 7 nitrogen and oxygen atoms in total. The normalized spacial score (nSPS) is 26.2. The molecule has 0 aromatic rings. The van der Waals surface area contributed by atoms with Crippen LogP contribution in [0.4, 0.5) is 0 Å². The Morgan fingerprint density at radius 3 is 2.63 bits per heavy atom. The molecule has 27 heavy (non-hydrogen) atoms. The molecule has 0 aromatic carbocycles. The van der Waals surface area contributed by atoms with Gasteiger partial charge in [-0.25, -0.2) is 0 Å². The van der Waals surface area contributed by atoms with E-state index < -0.39 is 6.04 Å². The number of carbonyl (C=O) groups is 3. The second kappa shape index (κ2) is 10.3. The molecule has 2 amide bonds. The number of hydrogen-bond donors (Lipinski definition) is 1. The maximum Gasteiger partial charge on any atom is 0.310 e. The SMILES string of the molecule is CCOC(=O)C1CCCN(C(=O)CC2NCCN(CC3CCC3)C2=O)C1.Cl. The number of nitrogens with zero attached hydrogens (tertiary/aromatic N) is 2. The quantitative estimate of drug-likeness (QED) is 0.676. The minimum absolute atomic E-state index is 0. The van der Waals surface area contributed by atoms with Gasteiger partial charge in [-0.1, -0.05) is 6.42 Å². The molecule has 0 aromatic heterocycles. The fourth-order valence-electron chi connectivity index (χ4n) is 4.08. The van der Waals surface area contributed by atoms with E-state index in [9.17, 15) is 14.4 Å². The molecule has 3 fully saturated rings. The average molecular weight is 402 g/mol. The van der Waals surface area contributed by atoms with Crippen LogP contribution in [-0.4, -0.2) is 73.0 Å². The van der Waals surface area contributed by atoms with Gasteiger partial charge >= 0.3 is 5.97 Å². The van der Waals surface area contributed by atoms with Crippen LogP contribution in [0, 0.1) is 11.8 Å². The summed E-state index contributed by atoms with van der Waals surface area (Å²) in [6.45, 7) is 5.52. The van der Waals surface area contributed by atoms with Gasteiger partial charge in [0.25, 0.3) is 0 Å². The molecule has 2 unspecified atom stereocenters. The first kappa shape index (κ1) is 22.0. The topological polar surface area (TPSA) is 79.0 Å². The van der Waals surface area contributed by atoms with Gasteiger partial charge < -0.3 is 19.9 Å². The van der Waals surface area contributed by atoms with Gasteiger partial charge in [0.05, 0.1) is 25.0 Å². The summed E-state index contributed by atoms with van der Waals surface area (Å²) in [7, 11) is 0. The molecule has 2 aliphatic heterocycles. The maximum atomic E-state index is 12.7. The van der Waals surface area contributed by atoms with Crippen LogP contribution in [0.3, 0.4) is 0 Å². The minimum atomic E-state index is -0.431. The summed E-state index contributed by atoms with van der Waals surface area (Å²) in [6.07, 6.45) is 5.43. The molecule has 3 aliphatic rings. The van der Waals surface area contributed by atoms with E-state index in [0.717, 1.165) is 32.5 Å². The molecule has 2 heterocycles. The first-order valence-electron chi connectivity index (χ1n) is 10.0. The summed E-state index contributed by atoms with van der Waals surface area (Å²) in [5.41, 5.74) is 0. The predicted octanol–water partition coefficient (Wildman–Crippen LogP) is 1.20. The van der Waals surface area contributed by atoms with Crippen molar-refractivity contribution in [2.45, 2.75) is 51.5 Å². The number of halogens is 1. The maximum absolute atomic E-state index is 12.7. The largest absolute Gasteiger partial charge is 0.466 e. The van der Waals surface area contributed by atoms with E-state index >= 15 is 0 Å². The average Bonchev–Trinajstić information content (AvgIpc) is 2.61. The van der Waals surface area contributed by atoms with Crippen molar-refractivity contribution in [2.24, 2.45) is 11.8 Å².